The number of rotatable bonds is 6. The van der Waals surface area contributed by atoms with Crippen LogP contribution < -0.4 is 10.2 Å². The van der Waals surface area contributed by atoms with Gasteiger partial charge in [-0.25, -0.2) is 0 Å². The topological polar surface area (TPSA) is 15.3 Å². The second kappa shape index (κ2) is 5.87. The van der Waals surface area contributed by atoms with Gasteiger partial charge in [0.25, 0.3) is 0 Å². The largest absolute Gasteiger partial charge is 0.371 e. The van der Waals surface area contributed by atoms with E-state index in [1.165, 1.54) is 35.0 Å². The van der Waals surface area contributed by atoms with Gasteiger partial charge in [0.2, 0.25) is 0 Å². The van der Waals surface area contributed by atoms with E-state index < -0.39 is 0 Å². The Kier molecular flexibility index (Phi) is 4.46. The Morgan fingerprint density at radius 1 is 1.41 bits per heavy atom. The molecule has 94 valence electrons. The molecule has 0 bridgehead atoms. The first-order valence-electron chi connectivity index (χ1n) is 6.44. The minimum atomic E-state index is 0.759. The van der Waals surface area contributed by atoms with Crippen LogP contribution in [-0.2, 0) is 6.54 Å². The molecule has 1 aromatic rings. The van der Waals surface area contributed by atoms with Crippen LogP contribution in [0.3, 0.4) is 0 Å². The second-order valence-electron chi connectivity index (χ2n) is 4.79. The van der Waals surface area contributed by atoms with Gasteiger partial charge < -0.3 is 10.2 Å². The van der Waals surface area contributed by atoms with E-state index in [0.29, 0.717) is 0 Å². The fourth-order valence-corrected chi connectivity index (χ4v) is 2.42. The summed E-state index contributed by atoms with van der Waals surface area (Å²) in [4.78, 5) is 2.42. The van der Waals surface area contributed by atoms with E-state index in [9.17, 15) is 0 Å². The van der Waals surface area contributed by atoms with Crippen LogP contribution in [-0.4, -0.2) is 19.6 Å². The molecule has 1 aliphatic rings. The minimum absolute atomic E-state index is 0.759. The van der Waals surface area contributed by atoms with Gasteiger partial charge in [0, 0.05) is 29.8 Å². The Morgan fingerprint density at radius 3 is 2.82 bits per heavy atom. The van der Waals surface area contributed by atoms with Gasteiger partial charge in [-0.2, -0.15) is 0 Å². The molecule has 0 atom stereocenters. The lowest BCUT2D eigenvalue weighted by molar-refractivity contribution is 0.673. The quantitative estimate of drug-likeness (QED) is 0.808. The van der Waals surface area contributed by atoms with E-state index in [2.05, 4.69) is 58.3 Å². The first-order chi connectivity index (χ1) is 8.22. The lowest BCUT2D eigenvalue weighted by Crippen LogP contribution is -2.23. The Balaban J connectivity index is 2.11. The predicted molar refractivity (Wildman–Crippen MR) is 77.6 cm³/mol. The summed E-state index contributed by atoms with van der Waals surface area (Å²) in [5, 5.41) is 3.48. The molecule has 0 aliphatic heterocycles. The third-order valence-corrected chi connectivity index (χ3v) is 3.76. The van der Waals surface area contributed by atoms with E-state index in [1.54, 1.807) is 0 Å². The van der Waals surface area contributed by atoms with Crippen molar-refractivity contribution in [2.24, 2.45) is 0 Å². The Bertz CT molecular complexity index is 374. The van der Waals surface area contributed by atoms with Crippen LogP contribution in [0, 0.1) is 0 Å². The maximum atomic E-state index is 3.57. The molecule has 0 saturated heterocycles. The SMILES string of the molecule is CCCNCc1ccc(Br)cc1N(C)C1CC1. The maximum absolute atomic E-state index is 3.57. The van der Waals surface area contributed by atoms with Gasteiger partial charge in [-0.3, -0.25) is 0 Å². The van der Waals surface area contributed by atoms with E-state index in [0.717, 1.165) is 19.1 Å². The number of hydrogen-bond donors (Lipinski definition) is 1. The van der Waals surface area contributed by atoms with Gasteiger partial charge in [0.05, 0.1) is 0 Å². The van der Waals surface area contributed by atoms with Crippen LogP contribution in [0.4, 0.5) is 5.69 Å². The van der Waals surface area contributed by atoms with Crippen molar-refractivity contribution < 1.29 is 0 Å². The first kappa shape index (κ1) is 12.9. The number of anilines is 1. The van der Waals surface area contributed by atoms with Gasteiger partial charge in [-0.05, 0) is 43.5 Å². The maximum Gasteiger partial charge on any atom is 0.0423 e. The summed E-state index contributed by atoms with van der Waals surface area (Å²) < 4.78 is 1.17. The fourth-order valence-electron chi connectivity index (χ4n) is 2.07. The second-order valence-corrected chi connectivity index (χ2v) is 5.71. The highest BCUT2D eigenvalue weighted by atomic mass is 79.9. The number of hydrogen-bond acceptors (Lipinski definition) is 2. The molecule has 1 aliphatic carbocycles. The standard InChI is InChI=1S/C14H21BrN2/c1-3-8-16-10-11-4-5-12(15)9-14(11)17(2)13-6-7-13/h4-5,9,13,16H,3,6-8,10H2,1-2H3. The minimum Gasteiger partial charge on any atom is -0.371 e. The van der Waals surface area contributed by atoms with Gasteiger partial charge in [-0.15, -0.1) is 0 Å². The number of halogens is 1. The molecule has 0 spiro atoms. The molecular formula is C14H21BrN2. The molecule has 1 fully saturated rings. The van der Waals surface area contributed by atoms with Crippen LogP contribution in [0.5, 0.6) is 0 Å². The molecule has 2 nitrogen and oxygen atoms in total. The van der Waals surface area contributed by atoms with Crippen molar-refractivity contribution in [2.75, 3.05) is 18.5 Å². The van der Waals surface area contributed by atoms with E-state index in [1.807, 2.05) is 0 Å². The molecule has 3 heteroatoms. The summed E-state index contributed by atoms with van der Waals surface area (Å²) in [5.41, 5.74) is 2.77. The average Bonchev–Trinajstić information content (AvgIpc) is 3.14. The zero-order valence-electron chi connectivity index (χ0n) is 10.7. The summed E-state index contributed by atoms with van der Waals surface area (Å²) in [6.45, 7) is 4.25. The van der Waals surface area contributed by atoms with Crippen LogP contribution in [0.15, 0.2) is 22.7 Å². The van der Waals surface area contributed by atoms with Crippen LogP contribution in [0.25, 0.3) is 0 Å². The molecule has 1 saturated carbocycles. The predicted octanol–water partition coefficient (Wildman–Crippen LogP) is 3.55. The van der Waals surface area contributed by atoms with Crippen molar-refractivity contribution in [1.82, 2.24) is 5.32 Å². The molecular weight excluding hydrogens is 276 g/mol. The van der Waals surface area contributed by atoms with Crippen molar-refractivity contribution >= 4 is 21.6 Å². The number of nitrogens with one attached hydrogen (secondary N) is 1. The molecule has 0 amide bonds. The highest BCUT2D eigenvalue weighted by Crippen LogP contribution is 2.33. The number of benzene rings is 1. The zero-order valence-corrected chi connectivity index (χ0v) is 12.3. The fraction of sp³-hybridized carbons (Fsp3) is 0.571. The summed E-state index contributed by atoms with van der Waals surface area (Å²) in [6.07, 6.45) is 3.86. The van der Waals surface area contributed by atoms with Crippen LogP contribution >= 0.6 is 15.9 Å². The highest BCUT2D eigenvalue weighted by Gasteiger charge is 2.27. The van der Waals surface area contributed by atoms with Crippen molar-refractivity contribution in [3.63, 3.8) is 0 Å². The Hall–Kier alpha value is -0.540. The molecule has 0 aromatic heterocycles. The molecule has 2 rings (SSSR count). The first-order valence-corrected chi connectivity index (χ1v) is 7.23. The third kappa shape index (κ3) is 3.46. The van der Waals surface area contributed by atoms with E-state index in [4.69, 9.17) is 0 Å². The number of nitrogens with zero attached hydrogens (tertiary/aromatic N) is 1. The van der Waals surface area contributed by atoms with Gasteiger partial charge in [-0.1, -0.05) is 28.9 Å². The lowest BCUT2D eigenvalue weighted by Gasteiger charge is -2.22. The van der Waals surface area contributed by atoms with Crippen LogP contribution in [0.1, 0.15) is 31.7 Å². The summed E-state index contributed by atoms with van der Waals surface area (Å²) >= 11 is 3.57. The van der Waals surface area contributed by atoms with Crippen molar-refractivity contribution in [2.45, 2.75) is 38.8 Å². The summed E-state index contributed by atoms with van der Waals surface area (Å²) in [6, 6.07) is 7.35. The Labute approximate surface area is 113 Å². The van der Waals surface area contributed by atoms with Crippen LogP contribution in [0.2, 0.25) is 0 Å². The van der Waals surface area contributed by atoms with E-state index >= 15 is 0 Å². The molecule has 0 heterocycles. The Morgan fingerprint density at radius 2 is 2.18 bits per heavy atom. The van der Waals surface area contributed by atoms with Crippen molar-refractivity contribution in [3.05, 3.63) is 28.2 Å². The average molecular weight is 297 g/mol. The lowest BCUT2D eigenvalue weighted by atomic mass is 10.1. The smallest absolute Gasteiger partial charge is 0.0423 e. The van der Waals surface area contributed by atoms with Gasteiger partial charge in [0.1, 0.15) is 0 Å². The molecule has 1 aromatic carbocycles. The molecule has 17 heavy (non-hydrogen) atoms. The third-order valence-electron chi connectivity index (χ3n) is 3.26. The summed E-state index contributed by atoms with van der Waals surface area (Å²) in [5.74, 6) is 0. The monoisotopic (exact) mass is 296 g/mol. The normalized spacial score (nSPS) is 15.0. The molecule has 0 radical (unpaired) electrons. The van der Waals surface area contributed by atoms with Gasteiger partial charge >= 0.3 is 0 Å². The molecule has 1 N–H and O–H groups in total. The van der Waals surface area contributed by atoms with Gasteiger partial charge in [0.15, 0.2) is 0 Å². The summed E-state index contributed by atoms with van der Waals surface area (Å²) in [7, 11) is 2.21. The van der Waals surface area contributed by atoms with Crippen molar-refractivity contribution in [3.8, 4) is 0 Å². The van der Waals surface area contributed by atoms with E-state index in [-0.39, 0.29) is 0 Å². The molecule has 0 unspecified atom stereocenters. The highest BCUT2D eigenvalue weighted by molar-refractivity contribution is 9.10. The van der Waals surface area contributed by atoms with Crippen molar-refractivity contribution in [1.29, 1.82) is 0 Å². The zero-order chi connectivity index (χ0) is 12.3.